The fourth-order valence-corrected chi connectivity index (χ4v) is 2.48. The monoisotopic (exact) mass is 346 g/mol. The minimum atomic E-state index is -3.16. The number of pyridine rings is 1. The highest BCUT2D eigenvalue weighted by molar-refractivity contribution is 5.96. The van der Waals surface area contributed by atoms with E-state index in [0.29, 0.717) is 28.1 Å². The van der Waals surface area contributed by atoms with Crippen LogP contribution in [0.1, 0.15) is 25.4 Å². The number of anilines is 1. The molecule has 0 aliphatic rings. The quantitative estimate of drug-likeness (QED) is 0.788. The number of carbonyl (C=O) groups is 1. The Labute approximate surface area is 142 Å². The predicted octanol–water partition coefficient (Wildman–Crippen LogP) is 2.80. The second-order valence-electron chi connectivity index (χ2n) is 5.85. The van der Waals surface area contributed by atoms with Crippen molar-refractivity contribution in [2.75, 3.05) is 5.32 Å². The van der Waals surface area contributed by atoms with Crippen LogP contribution in [0.25, 0.3) is 22.3 Å². The van der Waals surface area contributed by atoms with Crippen LogP contribution in [0.15, 0.2) is 18.3 Å². The topological polar surface area (TPSA) is 85.6 Å². The van der Waals surface area contributed by atoms with E-state index in [1.165, 1.54) is 6.92 Å². The number of aryl methyl sites for hydroxylation is 2. The van der Waals surface area contributed by atoms with Crippen LogP contribution in [0, 0.1) is 6.92 Å². The third kappa shape index (κ3) is 3.30. The van der Waals surface area contributed by atoms with Crippen molar-refractivity contribution >= 4 is 22.6 Å². The number of aromatic nitrogens is 5. The van der Waals surface area contributed by atoms with E-state index in [0.717, 1.165) is 6.92 Å². The maximum absolute atomic E-state index is 13.6. The number of nitrogens with zero attached hydrogens (tertiary/aromatic N) is 5. The van der Waals surface area contributed by atoms with Crippen molar-refractivity contribution < 1.29 is 13.6 Å². The standard InChI is InChI=1S/C16H16F2N6O/c1-8-5-11(22-15(20-8)16(3,17)18)14-10-6-13(21-9(2)25)19-7-12(10)24(4)23-14/h5-7H,1-4H3,(H,19,21,25). The second kappa shape index (κ2) is 5.83. The Morgan fingerprint density at radius 2 is 2.00 bits per heavy atom. The van der Waals surface area contributed by atoms with Crippen molar-refractivity contribution in [3.05, 3.63) is 29.8 Å². The molecule has 0 atom stereocenters. The molecule has 3 aromatic rings. The summed E-state index contributed by atoms with van der Waals surface area (Å²) in [4.78, 5) is 23.2. The molecule has 3 aromatic heterocycles. The van der Waals surface area contributed by atoms with Gasteiger partial charge in [-0.3, -0.25) is 9.48 Å². The van der Waals surface area contributed by atoms with Gasteiger partial charge in [0.25, 0.3) is 0 Å². The van der Waals surface area contributed by atoms with E-state index in [2.05, 4.69) is 25.4 Å². The van der Waals surface area contributed by atoms with Crippen molar-refractivity contribution in [2.45, 2.75) is 26.7 Å². The number of hydrogen-bond donors (Lipinski definition) is 1. The van der Waals surface area contributed by atoms with Gasteiger partial charge < -0.3 is 5.32 Å². The number of nitrogens with one attached hydrogen (secondary N) is 1. The maximum atomic E-state index is 13.6. The summed E-state index contributed by atoms with van der Waals surface area (Å²) in [7, 11) is 1.72. The SMILES string of the molecule is CC(=O)Nc1cc2c(-c3cc(C)nc(C(C)(F)F)n3)nn(C)c2cn1. The molecule has 0 saturated heterocycles. The van der Waals surface area contributed by atoms with Crippen LogP contribution in [0.3, 0.4) is 0 Å². The molecule has 1 amide bonds. The Balaban J connectivity index is 2.21. The summed E-state index contributed by atoms with van der Waals surface area (Å²) < 4.78 is 28.9. The number of halogens is 2. The van der Waals surface area contributed by atoms with Crippen LogP contribution in [-0.2, 0) is 17.8 Å². The number of fused-ring (bicyclic) bond motifs is 1. The highest BCUT2D eigenvalue weighted by Crippen LogP contribution is 2.30. The van der Waals surface area contributed by atoms with Crippen LogP contribution in [0.4, 0.5) is 14.6 Å². The largest absolute Gasteiger partial charge is 0.311 e. The normalized spacial score (nSPS) is 11.8. The molecular formula is C16H16F2N6O. The maximum Gasteiger partial charge on any atom is 0.303 e. The van der Waals surface area contributed by atoms with Crippen molar-refractivity contribution in [3.63, 3.8) is 0 Å². The van der Waals surface area contributed by atoms with Gasteiger partial charge in [0, 0.05) is 32.0 Å². The van der Waals surface area contributed by atoms with E-state index in [-0.39, 0.29) is 11.6 Å². The van der Waals surface area contributed by atoms with Crippen LogP contribution >= 0.6 is 0 Å². The third-order valence-corrected chi connectivity index (χ3v) is 3.53. The Morgan fingerprint density at radius 1 is 1.28 bits per heavy atom. The fraction of sp³-hybridized carbons (Fsp3) is 0.312. The third-order valence-electron chi connectivity index (χ3n) is 3.53. The summed E-state index contributed by atoms with van der Waals surface area (Å²) in [6, 6.07) is 3.23. The van der Waals surface area contributed by atoms with E-state index in [4.69, 9.17) is 0 Å². The average molecular weight is 346 g/mol. The van der Waals surface area contributed by atoms with E-state index in [1.807, 2.05) is 0 Å². The van der Waals surface area contributed by atoms with Crippen molar-refractivity contribution in [1.29, 1.82) is 0 Å². The molecule has 0 bridgehead atoms. The molecule has 0 fully saturated rings. The lowest BCUT2D eigenvalue weighted by Crippen LogP contribution is -2.14. The summed E-state index contributed by atoms with van der Waals surface area (Å²) in [5.41, 5.74) is 1.80. The van der Waals surface area contributed by atoms with Crippen LogP contribution < -0.4 is 5.32 Å². The molecule has 0 aromatic carbocycles. The molecule has 0 radical (unpaired) electrons. The number of carbonyl (C=O) groups excluding carboxylic acids is 1. The Morgan fingerprint density at radius 3 is 2.64 bits per heavy atom. The second-order valence-corrected chi connectivity index (χ2v) is 5.85. The van der Waals surface area contributed by atoms with E-state index in [1.54, 1.807) is 37.0 Å². The lowest BCUT2D eigenvalue weighted by Gasteiger charge is -2.10. The van der Waals surface area contributed by atoms with E-state index >= 15 is 0 Å². The van der Waals surface area contributed by atoms with Gasteiger partial charge in [0.05, 0.1) is 17.4 Å². The molecule has 3 heterocycles. The number of rotatable bonds is 3. The Hall–Kier alpha value is -2.97. The zero-order valence-electron chi connectivity index (χ0n) is 14.1. The number of alkyl halides is 2. The zero-order valence-corrected chi connectivity index (χ0v) is 14.1. The smallest absolute Gasteiger partial charge is 0.303 e. The van der Waals surface area contributed by atoms with Crippen LogP contribution in [-0.4, -0.2) is 30.6 Å². The predicted molar refractivity (Wildman–Crippen MR) is 88.1 cm³/mol. The van der Waals surface area contributed by atoms with Gasteiger partial charge in [0.2, 0.25) is 5.91 Å². The van der Waals surface area contributed by atoms with Crippen LogP contribution in [0.2, 0.25) is 0 Å². The van der Waals surface area contributed by atoms with Crippen molar-refractivity contribution in [3.8, 4) is 11.4 Å². The molecule has 1 N–H and O–H groups in total. The van der Waals surface area contributed by atoms with Gasteiger partial charge in [-0.25, -0.2) is 15.0 Å². The molecule has 9 heteroatoms. The molecule has 130 valence electrons. The first-order chi connectivity index (χ1) is 11.6. The molecule has 0 aliphatic heterocycles. The van der Waals surface area contributed by atoms with Gasteiger partial charge >= 0.3 is 5.92 Å². The van der Waals surface area contributed by atoms with Gasteiger partial charge in [0.1, 0.15) is 11.5 Å². The minimum Gasteiger partial charge on any atom is -0.311 e. The summed E-state index contributed by atoms with van der Waals surface area (Å²) in [5.74, 6) is -3.63. The van der Waals surface area contributed by atoms with Crippen molar-refractivity contribution in [1.82, 2.24) is 24.7 Å². The number of hydrogen-bond acceptors (Lipinski definition) is 5. The van der Waals surface area contributed by atoms with Gasteiger partial charge in [-0.15, -0.1) is 0 Å². The lowest BCUT2D eigenvalue weighted by atomic mass is 10.1. The zero-order chi connectivity index (χ0) is 18.4. The van der Waals surface area contributed by atoms with Gasteiger partial charge in [-0.1, -0.05) is 0 Å². The van der Waals surface area contributed by atoms with Crippen molar-refractivity contribution in [2.24, 2.45) is 7.05 Å². The molecule has 0 spiro atoms. The molecule has 0 aliphatic carbocycles. The molecule has 0 unspecified atom stereocenters. The molecule has 0 saturated carbocycles. The Bertz CT molecular complexity index is 977. The summed E-state index contributed by atoms with van der Waals surface area (Å²) in [6.45, 7) is 3.75. The summed E-state index contributed by atoms with van der Waals surface area (Å²) in [5, 5.41) is 7.61. The molecule has 7 nitrogen and oxygen atoms in total. The first-order valence-electron chi connectivity index (χ1n) is 7.50. The van der Waals surface area contributed by atoms with E-state index in [9.17, 15) is 13.6 Å². The first kappa shape index (κ1) is 16.9. The molecule has 3 rings (SSSR count). The highest BCUT2D eigenvalue weighted by atomic mass is 19.3. The minimum absolute atomic E-state index is 0.261. The summed E-state index contributed by atoms with van der Waals surface area (Å²) >= 11 is 0. The number of amides is 1. The lowest BCUT2D eigenvalue weighted by molar-refractivity contribution is -0.114. The first-order valence-corrected chi connectivity index (χ1v) is 7.50. The summed E-state index contributed by atoms with van der Waals surface area (Å²) in [6.07, 6.45) is 1.56. The van der Waals surface area contributed by atoms with Crippen LogP contribution in [0.5, 0.6) is 0 Å². The fourth-order valence-electron chi connectivity index (χ4n) is 2.48. The van der Waals surface area contributed by atoms with Gasteiger partial charge in [0.15, 0.2) is 5.82 Å². The highest BCUT2D eigenvalue weighted by Gasteiger charge is 2.29. The van der Waals surface area contributed by atoms with Gasteiger partial charge in [-0.05, 0) is 19.1 Å². The molecular weight excluding hydrogens is 330 g/mol. The average Bonchev–Trinajstić information content (AvgIpc) is 2.82. The van der Waals surface area contributed by atoms with E-state index < -0.39 is 11.7 Å². The van der Waals surface area contributed by atoms with Gasteiger partial charge in [-0.2, -0.15) is 13.9 Å². The Kier molecular flexibility index (Phi) is 3.94. The molecule has 25 heavy (non-hydrogen) atoms.